The van der Waals surface area contributed by atoms with Gasteiger partial charge in [0.05, 0.1) is 0 Å². The van der Waals surface area contributed by atoms with Crippen LogP contribution in [0.15, 0.2) is 59.5 Å². The fourth-order valence-electron chi connectivity index (χ4n) is 3.45. The first-order valence-corrected chi connectivity index (χ1v) is 10.2. The number of carbonyl (C=O) groups excluding carboxylic acids is 1. The van der Waals surface area contributed by atoms with Crippen LogP contribution in [-0.4, -0.2) is 36.0 Å². The Kier molecular flexibility index (Phi) is 7.26. The highest BCUT2D eigenvalue weighted by Gasteiger charge is 2.29. The lowest BCUT2D eigenvalue weighted by Gasteiger charge is -2.26. The molecule has 4 nitrogen and oxygen atoms in total. The molecule has 2 aromatic rings. The predicted octanol–water partition coefficient (Wildman–Crippen LogP) is 3.37. The van der Waals surface area contributed by atoms with Gasteiger partial charge in [-0.2, -0.15) is 0 Å². The summed E-state index contributed by atoms with van der Waals surface area (Å²) in [4.78, 5) is 15.8. The molecule has 0 spiro atoms. The van der Waals surface area contributed by atoms with Crippen molar-refractivity contribution in [1.29, 1.82) is 0 Å². The summed E-state index contributed by atoms with van der Waals surface area (Å²) in [5.41, 5.74) is 6.70. The molecule has 1 unspecified atom stereocenters. The third kappa shape index (κ3) is 5.79. The Morgan fingerprint density at radius 2 is 1.96 bits per heavy atom. The second-order valence-corrected chi connectivity index (χ2v) is 7.87. The van der Waals surface area contributed by atoms with Crippen LogP contribution in [0, 0.1) is 5.82 Å². The van der Waals surface area contributed by atoms with E-state index in [4.69, 9.17) is 5.73 Å². The van der Waals surface area contributed by atoms with Crippen LogP contribution in [0.3, 0.4) is 0 Å². The largest absolute Gasteiger partial charge is 0.338 e. The summed E-state index contributed by atoms with van der Waals surface area (Å²) in [6.45, 7) is 1.52. The van der Waals surface area contributed by atoms with Crippen molar-refractivity contribution in [3.8, 4) is 0 Å². The average Bonchev–Trinajstić information content (AvgIpc) is 3.13. The summed E-state index contributed by atoms with van der Waals surface area (Å²) < 4.78 is 17.1. The molecule has 0 aliphatic carbocycles. The number of nitrogens with one attached hydrogen (secondary N) is 1. The molecule has 1 fully saturated rings. The summed E-state index contributed by atoms with van der Waals surface area (Å²) in [6.07, 6.45) is 2.63. The minimum Gasteiger partial charge on any atom is -0.338 e. The molecule has 6 heteroatoms. The van der Waals surface area contributed by atoms with Crippen molar-refractivity contribution in [2.75, 3.05) is 13.1 Å². The average molecular weight is 388 g/mol. The van der Waals surface area contributed by atoms with Crippen molar-refractivity contribution >= 4 is 17.9 Å². The number of rotatable bonds is 8. The summed E-state index contributed by atoms with van der Waals surface area (Å²) in [6, 6.07) is 16.5. The van der Waals surface area contributed by atoms with Crippen LogP contribution in [0.1, 0.15) is 24.8 Å². The third-order valence-electron chi connectivity index (χ3n) is 4.83. The molecule has 2 aromatic carbocycles. The van der Waals surface area contributed by atoms with Crippen molar-refractivity contribution in [3.63, 3.8) is 0 Å². The van der Waals surface area contributed by atoms with E-state index in [9.17, 15) is 9.18 Å². The number of benzene rings is 2. The molecule has 0 radical (unpaired) electrons. The Hall–Kier alpha value is -1.89. The smallest absolute Gasteiger partial charge is 0.224 e. The van der Waals surface area contributed by atoms with E-state index in [1.54, 1.807) is 30.1 Å². The maximum atomic E-state index is 13.8. The lowest BCUT2D eigenvalue weighted by Crippen LogP contribution is -2.43. The first kappa shape index (κ1) is 19.9. The Morgan fingerprint density at radius 3 is 2.74 bits per heavy atom. The topological polar surface area (TPSA) is 58.4 Å². The first-order valence-electron chi connectivity index (χ1n) is 9.36. The van der Waals surface area contributed by atoms with E-state index in [2.05, 4.69) is 16.9 Å². The van der Waals surface area contributed by atoms with Crippen molar-refractivity contribution in [2.45, 2.75) is 42.7 Å². The fraction of sp³-hybridized carbons (Fsp3) is 0.381. The second-order valence-electron chi connectivity index (χ2n) is 6.91. The number of hydrogen-bond donors (Lipinski definition) is 2. The van der Waals surface area contributed by atoms with E-state index in [0.29, 0.717) is 12.0 Å². The molecule has 27 heavy (non-hydrogen) atoms. The van der Waals surface area contributed by atoms with E-state index in [1.165, 1.54) is 6.07 Å². The van der Waals surface area contributed by atoms with Gasteiger partial charge in [0.1, 0.15) is 5.82 Å². The van der Waals surface area contributed by atoms with E-state index < -0.39 is 0 Å². The minimum atomic E-state index is -0.373. The van der Waals surface area contributed by atoms with Crippen LogP contribution < -0.4 is 10.5 Å². The van der Waals surface area contributed by atoms with E-state index in [1.807, 2.05) is 23.1 Å². The SMILES string of the molecule is NC(CC(=O)N1CCC[C@H]1CNSc1ccccc1)Cc1ccccc1F. The van der Waals surface area contributed by atoms with Crippen LogP contribution in [0.5, 0.6) is 0 Å². The van der Waals surface area contributed by atoms with Gasteiger partial charge in [-0.1, -0.05) is 36.4 Å². The van der Waals surface area contributed by atoms with Gasteiger partial charge in [-0.3, -0.25) is 9.52 Å². The van der Waals surface area contributed by atoms with E-state index in [0.717, 1.165) is 30.8 Å². The van der Waals surface area contributed by atoms with Crippen LogP contribution in [0.4, 0.5) is 4.39 Å². The lowest BCUT2D eigenvalue weighted by atomic mass is 10.0. The molecule has 3 N–H and O–H groups in total. The number of carbonyl (C=O) groups is 1. The van der Waals surface area contributed by atoms with Gasteiger partial charge in [0.2, 0.25) is 5.91 Å². The molecule has 1 aliphatic heterocycles. The minimum absolute atomic E-state index is 0.0628. The molecule has 3 rings (SSSR count). The van der Waals surface area contributed by atoms with Gasteiger partial charge in [0.15, 0.2) is 0 Å². The van der Waals surface area contributed by atoms with Crippen molar-refractivity contribution in [1.82, 2.24) is 9.62 Å². The highest BCUT2D eigenvalue weighted by atomic mass is 32.2. The standard InChI is InChI=1S/C21H26FN3OS/c22-20-11-5-4-7-16(20)13-17(23)14-21(26)25-12-6-8-18(25)15-24-27-19-9-2-1-3-10-19/h1-5,7,9-11,17-18,24H,6,8,12-15,23H2/t17?,18-/m0/s1. The van der Waals surface area contributed by atoms with Gasteiger partial charge < -0.3 is 10.6 Å². The molecule has 2 atom stereocenters. The molecule has 0 saturated carbocycles. The van der Waals surface area contributed by atoms with Crippen molar-refractivity contribution < 1.29 is 9.18 Å². The zero-order chi connectivity index (χ0) is 19.1. The number of hydrogen-bond acceptors (Lipinski definition) is 4. The fourth-order valence-corrected chi connectivity index (χ4v) is 4.18. The van der Waals surface area contributed by atoms with Gasteiger partial charge in [0.25, 0.3) is 0 Å². The Bertz CT molecular complexity index is 743. The first-order chi connectivity index (χ1) is 13.1. The molecule has 1 amide bonds. The maximum absolute atomic E-state index is 13.8. The number of likely N-dealkylation sites (tertiary alicyclic amines) is 1. The number of halogens is 1. The molecule has 1 saturated heterocycles. The molecule has 0 bridgehead atoms. The molecule has 1 heterocycles. The normalized spacial score (nSPS) is 17.9. The molecular formula is C21H26FN3OS. The lowest BCUT2D eigenvalue weighted by molar-refractivity contribution is -0.132. The predicted molar refractivity (Wildman–Crippen MR) is 108 cm³/mol. The Balaban J connectivity index is 1.47. The van der Waals surface area contributed by atoms with Gasteiger partial charge in [-0.15, -0.1) is 0 Å². The van der Waals surface area contributed by atoms with Gasteiger partial charge >= 0.3 is 0 Å². The molecule has 1 aliphatic rings. The summed E-state index contributed by atoms with van der Waals surface area (Å²) in [5.74, 6) is -0.200. The molecule has 0 aromatic heterocycles. The van der Waals surface area contributed by atoms with Crippen LogP contribution in [0.25, 0.3) is 0 Å². The molecular weight excluding hydrogens is 361 g/mol. The summed E-state index contributed by atoms with van der Waals surface area (Å²) >= 11 is 1.58. The van der Waals surface area contributed by atoms with E-state index >= 15 is 0 Å². The highest BCUT2D eigenvalue weighted by molar-refractivity contribution is 7.97. The third-order valence-corrected chi connectivity index (χ3v) is 5.65. The Labute approximate surface area is 164 Å². The van der Waals surface area contributed by atoms with Gasteiger partial charge in [0, 0.05) is 36.5 Å². The zero-order valence-corrected chi connectivity index (χ0v) is 16.1. The summed E-state index contributed by atoms with van der Waals surface area (Å²) in [7, 11) is 0. The maximum Gasteiger partial charge on any atom is 0.224 e. The number of amides is 1. The summed E-state index contributed by atoms with van der Waals surface area (Å²) in [5, 5.41) is 0. The second kappa shape index (κ2) is 9.88. The molecule has 144 valence electrons. The zero-order valence-electron chi connectivity index (χ0n) is 15.3. The van der Waals surface area contributed by atoms with Crippen LogP contribution in [-0.2, 0) is 11.2 Å². The van der Waals surface area contributed by atoms with Crippen molar-refractivity contribution in [2.24, 2.45) is 5.73 Å². The van der Waals surface area contributed by atoms with E-state index in [-0.39, 0.29) is 30.2 Å². The highest BCUT2D eigenvalue weighted by Crippen LogP contribution is 2.21. The Morgan fingerprint density at radius 1 is 1.22 bits per heavy atom. The number of nitrogens with two attached hydrogens (primary N) is 1. The van der Waals surface area contributed by atoms with Gasteiger partial charge in [-0.25, -0.2) is 4.39 Å². The number of nitrogens with zero attached hydrogens (tertiary/aromatic N) is 1. The van der Waals surface area contributed by atoms with Gasteiger partial charge in [-0.05, 0) is 55.0 Å². The quantitative estimate of drug-likeness (QED) is 0.682. The van der Waals surface area contributed by atoms with Crippen LogP contribution in [0.2, 0.25) is 0 Å². The van der Waals surface area contributed by atoms with Crippen LogP contribution >= 0.6 is 11.9 Å². The monoisotopic (exact) mass is 387 g/mol. The van der Waals surface area contributed by atoms with Crippen molar-refractivity contribution in [3.05, 3.63) is 66.0 Å².